The van der Waals surface area contributed by atoms with Crippen LogP contribution >= 0.6 is 0 Å². The fraction of sp³-hybridized carbons (Fsp3) is 0.909. The van der Waals surface area contributed by atoms with Crippen LogP contribution in [0.4, 0.5) is 0 Å². The number of quaternary nitrogens is 1. The maximum absolute atomic E-state index is 11.4. The van der Waals surface area contributed by atoms with E-state index in [1.165, 1.54) is 0 Å². The van der Waals surface area contributed by atoms with Crippen molar-refractivity contribution in [1.82, 2.24) is 5.32 Å². The summed E-state index contributed by atoms with van der Waals surface area (Å²) in [6.07, 6.45) is 0.915. The molecule has 1 atom stereocenters. The molecule has 0 aliphatic carbocycles. The molecule has 0 bridgehead atoms. The summed E-state index contributed by atoms with van der Waals surface area (Å²) in [6, 6.07) is 0. The van der Waals surface area contributed by atoms with E-state index in [9.17, 15) is 4.79 Å². The minimum Gasteiger partial charge on any atom is -0.350 e. The monoisotopic (exact) mass is 201 g/mol. The van der Waals surface area contributed by atoms with Gasteiger partial charge in [-0.05, 0) is 13.3 Å². The van der Waals surface area contributed by atoms with E-state index in [0.29, 0.717) is 0 Å². The summed E-state index contributed by atoms with van der Waals surface area (Å²) in [7, 11) is 4.35. The molecule has 0 heterocycles. The van der Waals surface area contributed by atoms with Crippen molar-refractivity contribution >= 4 is 5.91 Å². The predicted octanol–water partition coefficient (Wildman–Crippen LogP) is 1.24. The zero-order chi connectivity index (χ0) is 11.2. The first-order valence-corrected chi connectivity index (χ1v) is 5.52. The highest BCUT2D eigenvalue weighted by Gasteiger charge is 2.13. The third-order valence-corrected chi connectivity index (χ3v) is 2.93. The summed E-state index contributed by atoms with van der Waals surface area (Å²) >= 11 is 0. The van der Waals surface area contributed by atoms with E-state index in [4.69, 9.17) is 0 Å². The average Bonchev–Trinajstić information content (AvgIpc) is 2.16. The van der Waals surface area contributed by atoms with Gasteiger partial charge in [0, 0.05) is 5.92 Å². The molecule has 3 heteroatoms. The molecule has 0 rings (SSSR count). The summed E-state index contributed by atoms with van der Waals surface area (Å²) < 4.78 is 0.959. The lowest BCUT2D eigenvalue weighted by Gasteiger charge is -2.28. The number of nitrogens with one attached hydrogen (secondary N) is 1. The molecule has 0 spiro atoms. The molecule has 0 saturated carbocycles. The number of hydrogen-bond acceptors (Lipinski definition) is 1. The third kappa shape index (κ3) is 5.22. The Balaban J connectivity index is 3.69. The van der Waals surface area contributed by atoms with Gasteiger partial charge >= 0.3 is 0 Å². The van der Waals surface area contributed by atoms with Crippen LogP contribution in [0.1, 0.15) is 27.2 Å². The Labute approximate surface area is 88.1 Å². The highest BCUT2D eigenvalue weighted by molar-refractivity contribution is 5.78. The molecular formula is C11H25N2O+. The largest absolute Gasteiger partial charge is 0.350 e. The number of amides is 1. The van der Waals surface area contributed by atoms with Crippen LogP contribution in [0.5, 0.6) is 0 Å². The fourth-order valence-electron chi connectivity index (χ4n) is 1.000. The lowest BCUT2D eigenvalue weighted by molar-refractivity contribution is -0.887. The summed E-state index contributed by atoms with van der Waals surface area (Å²) in [5.41, 5.74) is 0. The Kier molecular flexibility index (Phi) is 5.77. The minimum atomic E-state index is 0.146. The maximum Gasteiger partial charge on any atom is 0.223 e. The zero-order valence-electron chi connectivity index (χ0n) is 10.3. The van der Waals surface area contributed by atoms with Crippen LogP contribution in [-0.4, -0.2) is 44.1 Å². The first-order chi connectivity index (χ1) is 6.43. The van der Waals surface area contributed by atoms with Crippen molar-refractivity contribution in [3.05, 3.63) is 0 Å². The normalized spacial score (nSPS) is 13.8. The van der Waals surface area contributed by atoms with Crippen LogP contribution in [0.2, 0.25) is 0 Å². The van der Waals surface area contributed by atoms with Crippen LogP contribution in [0, 0.1) is 5.92 Å². The third-order valence-electron chi connectivity index (χ3n) is 2.93. The van der Waals surface area contributed by atoms with Crippen molar-refractivity contribution in [2.45, 2.75) is 27.2 Å². The lowest BCUT2D eigenvalue weighted by atomic mass is 10.1. The topological polar surface area (TPSA) is 29.1 Å². The van der Waals surface area contributed by atoms with Crippen LogP contribution in [0.3, 0.4) is 0 Å². The van der Waals surface area contributed by atoms with Crippen molar-refractivity contribution in [3.63, 3.8) is 0 Å². The van der Waals surface area contributed by atoms with E-state index in [1.54, 1.807) is 0 Å². The van der Waals surface area contributed by atoms with Crippen LogP contribution in [-0.2, 0) is 4.79 Å². The molecule has 0 aromatic rings. The molecule has 84 valence electrons. The van der Waals surface area contributed by atoms with Gasteiger partial charge < -0.3 is 9.80 Å². The molecule has 0 aromatic carbocycles. The van der Waals surface area contributed by atoms with Gasteiger partial charge in [-0.25, -0.2) is 0 Å². The number of hydrogen-bond donors (Lipinski definition) is 1. The molecule has 1 unspecified atom stereocenters. The quantitative estimate of drug-likeness (QED) is 0.644. The first kappa shape index (κ1) is 13.4. The predicted molar refractivity (Wildman–Crippen MR) is 60.0 cm³/mol. The molecular weight excluding hydrogens is 176 g/mol. The minimum absolute atomic E-state index is 0.146. The summed E-state index contributed by atoms with van der Waals surface area (Å²) in [5.74, 6) is 0.329. The molecule has 0 fully saturated rings. The standard InChI is InChI=1S/C11H24N2O/c1-6-10(3)11(14)12-8-9-13(4,5)7-2/h10H,6-9H2,1-5H3/p+1. The smallest absolute Gasteiger partial charge is 0.223 e. The van der Waals surface area contributed by atoms with Gasteiger partial charge in [-0.1, -0.05) is 13.8 Å². The second-order valence-electron chi connectivity index (χ2n) is 4.58. The Morgan fingerprint density at radius 2 is 1.93 bits per heavy atom. The highest BCUT2D eigenvalue weighted by Crippen LogP contribution is 1.99. The van der Waals surface area contributed by atoms with Gasteiger partial charge in [0.25, 0.3) is 0 Å². The summed E-state index contributed by atoms with van der Waals surface area (Å²) in [6.45, 7) is 9.05. The Morgan fingerprint density at radius 3 is 2.36 bits per heavy atom. The molecule has 0 aliphatic heterocycles. The first-order valence-electron chi connectivity index (χ1n) is 5.52. The van der Waals surface area contributed by atoms with Crippen molar-refractivity contribution in [3.8, 4) is 0 Å². The van der Waals surface area contributed by atoms with E-state index >= 15 is 0 Å². The van der Waals surface area contributed by atoms with Crippen LogP contribution < -0.4 is 5.32 Å². The van der Waals surface area contributed by atoms with E-state index in [1.807, 2.05) is 13.8 Å². The van der Waals surface area contributed by atoms with Gasteiger partial charge in [0.2, 0.25) is 5.91 Å². The zero-order valence-corrected chi connectivity index (χ0v) is 10.3. The van der Waals surface area contributed by atoms with E-state index in [0.717, 1.165) is 30.5 Å². The number of nitrogens with zero attached hydrogens (tertiary/aromatic N) is 1. The molecule has 3 nitrogen and oxygen atoms in total. The van der Waals surface area contributed by atoms with Gasteiger partial charge in [0.05, 0.1) is 33.7 Å². The van der Waals surface area contributed by atoms with Crippen LogP contribution in [0.15, 0.2) is 0 Å². The van der Waals surface area contributed by atoms with Crippen molar-refractivity contribution in [2.24, 2.45) is 5.92 Å². The van der Waals surface area contributed by atoms with Gasteiger partial charge in [0.15, 0.2) is 0 Å². The van der Waals surface area contributed by atoms with Crippen molar-refractivity contribution < 1.29 is 9.28 Å². The Morgan fingerprint density at radius 1 is 1.36 bits per heavy atom. The van der Waals surface area contributed by atoms with Gasteiger partial charge in [-0.3, -0.25) is 4.79 Å². The number of carbonyl (C=O) groups is 1. The average molecular weight is 201 g/mol. The molecule has 0 saturated heterocycles. The molecule has 0 radical (unpaired) electrons. The second kappa shape index (κ2) is 6.02. The van der Waals surface area contributed by atoms with Gasteiger partial charge in [0.1, 0.15) is 0 Å². The van der Waals surface area contributed by atoms with Crippen molar-refractivity contribution in [2.75, 3.05) is 33.7 Å². The molecule has 0 aromatic heterocycles. The van der Waals surface area contributed by atoms with E-state index < -0.39 is 0 Å². The number of rotatable bonds is 6. The molecule has 0 aliphatic rings. The second-order valence-corrected chi connectivity index (χ2v) is 4.58. The SMILES string of the molecule is CCC(C)C(=O)NCC[N+](C)(C)CC. The van der Waals surface area contributed by atoms with Crippen LogP contribution in [0.25, 0.3) is 0 Å². The van der Waals surface area contributed by atoms with E-state index in [-0.39, 0.29) is 11.8 Å². The fourth-order valence-corrected chi connectivity index (χ4v) is 1.000. The van der Waals surface area contributed by atoms with E-state index in [2.05, 4.69) is 26.3 Å². The number of likely N-dealkylation sites (N-methyl/N-ethyl adjacent to an activating group) is 1. The Bertz CT molecular complexity index is 178. The summed E-state index contributed by atoms with van der Waals surface area (Å²) in [5, 5.41) is 2.97. The molecule has 1 amide bonds. The lowest BCUT2D eigenvalue weighted by Crippen LogP contribution is -2.45. The number of carbonyl (C=O) groups excluding carboxylic acids is 1. The van der Waals surface area contributed by atoms with Gasteiger partial charge in [-0.15, -0.1) is 0 Å². The Hall–Kier alpha value is -0.570. The summed E-state index contributed by atoms with van der Waals surface area (Å²) in [4.78, 5) is 11.4. The van der Waals surface area contributed by atoms with Crippen molar-refractivity contribution in [1.29, 1.82) is 0 Å². The highest BCUT2D eigenvalue weighted by atomic mass is 16.1. The molecule has 14 heavy (non-hydrogen) atoms. The molecule has 1 N–H and O–H groups in total. The maximum atomic E-state index is 11.4. The van der Waals surface area contributed by atoms with Gasteiger partial charge in [-0.2, -0.15) is 0 Å².